The van der Waals surface area contributed by atoms with Gasteiger partial charge in [-0.25, -0.2) is 0 Å². The number of aromatic nitrogens is 1. The van der Waals surface area contributed by atoms with Crippen molar-refractivity contribution in [2.24, 2.45) is 0 Å². The molecule has 2 rings (SSSR count). The van der Waals surface area contributed by atoms with E-state index in [0.717, 1.165) is 12.8 Å². The predicted octanol–water partition coefficient (Wildman–Crippen LogP) is 2.37. The summed E-state index contributed by atoms with van der Waals surface area (Å²) in [5, 5.41) is 2.94. The summed E-state index contributed by atoms with van der Waals surface area (Å²) in [6.07, 6.45) is 5.72. The average Bonchev–Trinajstić information content (AvgIpc) is 2.47. The van der Waals surface area contributed by atoms with Gasteiger partial charge in [0.25, 0.3) is 0 Å². The van der Waals surface area contributed by atoms with Crippen LogP contribution < -0.4 is 5.32 Å². The first-order chi connectivity index (χ1) is 9.34. The van der Waals surface area contributed by atoms with E-state index in [4.69, 9.17) is 0 Å². The number of nitrogens with zero attached hydrogens (tertiary/aromatic N) is 1. The quantitative estimate of drug-likeness (QED) is 0.860. The molecule has 1 heterocycles. The van der Waals surface area contributed by atoms with Crippen molar-refractivity contribution < 1.29 is 4.79 Å². The third-order valence-corrected chi connectivity index (χ3v) is 2.97. The summed E-state index contributed by atoms with van der Waals surface area (Å²) in [6.45, 7) is 0.678. The molecule has 3 nitrogen and oxygen atoms in total. The summed E-state index contributed by atoms with van der Waals surface area (Å²) in [6, 6.07) is 14.0. The fourth-order valence-electron chi connectivity index (χ4n) is 1.89. The Morgan fingerprint density at radius 3 is 2.37 bits per heavy atom. The molecule has 1 N–H and O–H groups in total. The van der Waals surface area contributed by atoms with Gasteiger partial charge in [-0.1, -0.05) is 30.3 Å². The summed E-state index contributed by atoms with van der Waals surface area (Å²) < 4.78 is 0. The van der Waals surface area contributed by atoms with Gasteiger partial charge in [-0.15, -0.1) is 0 Å². The minimum Gasteiger partial charge on any atom is -0.356 e. The second kappa shape index (κ2) is 7.31. The van der Waals surface area contributed by atoms with Gasteiger partial charge in [0.1, 0.15) is 0 Å². The zero-order valence-corrected chi connectivity index (χ0v) is 10.9. The Morgan fingerprint density at radius 2 is 1.63 bits per heavy atom. The fraction of sp³-hybridized carbons (Fsp3) is 0.250. The number of nitrogens with one attached hydrogen (secondary N) is 1. The highest BCUT2D eigenvalue weighted by molar-refractivity contribution is 5.76. The zero-order chi connectivity index (χ0) is 13.3. The Kier molecular flexibility index (Phi) is 5.11. The lowest BCUT2D eigenvalue weighted by molar-refractivity contribution is -0.121. The standard InChI is InChI=1S/C16H18N2O/c19-16(7-6-14-4-2-1-3-5-14)18-13-10-15-8-11-17-12-9-15/h1-5,8-9,11-12H,6-7,10,13H2,(H,18,19). The fourth-order valence-corrected chi connectivity index (χ4v) is 1.89. The zero-order valence-electron chi connectivity index (χ0n) is 10.9. The molecule has 0 spiro atoms. The summed E-state index contributed by atoms with van der Waals surface area (Å²) >= 11 is 0. The van der Waals surface area contributed by atoms with Crippen LogP contribution in [0.1, 0.15) is 17.5 Å². The molecular formula is C16H18N2O. The lowest BCUT2D eigenvalue weighted by Crippen LogP contribution is -2.25. The van der Waals surface area contributed by atoms with E-state index in [2.05, 4.69) is 10.3 Å². The number of hydrogen-bond acceptors (Lipinski definition) is 2. The molecule has 0 bridgehead atoms. The number of carbonyl (C=O) groups is 1. The van der Waals surface area contributed by atoms with Crippen molar-refractivity contribution in [3.63, 3.8) is 0 Å². The molecule has 0 fully saturated rings. The maximum atomic E-state index is 11.7. The minimum absolute atomic E-state index is 0.109. The molecule has 0 radical (unpaired) electrons. The smallest absolute Gasteiger partial charge is 0.220 e. The lowest BCUT2D eigenvalue weighted by Gasteiger charge is -2.05. The molecule has 0 aliphatic heterocycles. The van der Waals surface area contributed by atoms with Crippen LogP contribution in [0.3, 0.4) is 0 Å². The van der Waals surface area contributed by atoms with Crippen molar-refractivity contribution in [3.05, 3.63) is 66.0 Å². The van der Waals surface area contributed by atoms with Crippen molar-refractivity contribution in [2.75, 3.05) is 6.54 Å². The molecule has 0 saturated carbocycles. The third kappa shape index (κ3) is 4.92. The van der Waals surface area contributed by atoms with Crippen LogP contribution in [0.4, 0.5) is 0 Å². The van der Waals surface area contributed by atoms with E-state index in [-0.39, 0.29) is 5.91 Å². The number of aryl methyl sites for hydroxylation is 1. The predicted molar refractivity (Wildman–Crippen MR) is 75.7 cm³/mol. The Balaban J connectivity index is 1.65. The monoisotopic (exact) mass is 254 g/mol. The molecule has 19 heavy (non-hydrogen) atoms. The third-order valence-electron chi connectivity index (χ3n) is 2.97. The molecule has 3 heteroatoms. The van der Waals surface area contributed by atoms with E-state index in [1.165, 1.54) is 11.1 Å². The first kappa shape index (κ1) is 13.3. The average molecular weight is 254 g/mol. The molecule has 0 aliphatic rings. The first-order valence-electron chi connectivity index (χ1n) is 6.54. The van der Waals surface area contributed by atoms with Crippen LogP contribution >= 0.6 is 0 Å². The highest BCUT2D eigenvalue weighted by atomic mass is 16.1. The molecule has 0 atom stereocenters. The van der Waals surface area contributed by atoms with Gasteiger partial charge in [0.05, 0.1) is 0 Å². The molecular weight excluding hydrogens is 236 g/mol. The molecule has 0 unspecified atom stereocenters. The SMILES string of the molecule is O=C(CCc1ccccc1)NCCc1ccncc1. The van der Waals surface area contributed by atoms with E-state index < -0.39 is 0 Å². The van der Waals surface area contributed by atoms with Crippen LogP contribution in [0, 0.1) is 0 Å². The number of benzene rings is 1. The Bertz CT molecular complexity index is 497. The van der Waals surface area contributed by atoms with Crippen LogP contribution in [0.25, 0.3) is 0 Å². The Labute approximate surface area is 113 Å². The van der Waals surface area contributed by atoms with Gasteiger partial charge in [-0.2, -0.15) is 0 Å². The maximum Gasteiger partial charge on any atom is 0.220 e. The molecule has 0 aliphatic carbocycles. The molecule has 1 amide bonds. The van der Waals surface area contributed by atoms with Crippen LogP contribution in [-0.4, -0.2) is 17.4 Å². The summed E-state index contributed by atoms with van der Waals surface area (Å²) in [5.74, 6) is 0.109. The maximum absolute atomic E-state index is 11.7. The van der Waals surface area contributed by atoms with Gasteiger partial charge in [0.2, 0.25) is 5.91 Å². The molecule has 2 aromatic rings. The second-order valence-electron chi connectivity index (χ2n) is 4.44. The van der Waals surface area contributed by atoms with Crippen molar-refractivity contribution >= 4 is 5.91 Å². The van der Waals surface area contributed by atoms with Crippen LogP contribution in [-0.2, 0) is 17.6 Å². The van der Waals surface area contributed by atoms with Gasteiger partial charge in [0, 0.05) is 25.4 Å². The van der Waals surface area contributed by atoms with Gasteiger partial charge in [0.15, 0.2) is 0 Å². The van der Waals surface area contributed by atoms with Crippen LogP contribution in [0.15, 0.2) is 54.9 Å². The molecule has 98 valence electrons. The highest BCUT2D eigenvalue weighted by Crippen LogP contribution is 2.02. The number of amides is 1. The highest BCUT2D eigenvalue weighted by Gasteiger charge is 2.01. The van der Waals surface area contributed by atoms with Gasteiger partial charge < -0.3 is 5.32 Å². The summed E-state index contributed by atoms with van der Waals surface area (Å²) in [4.78, 5) is 15.6. The van der Waals surface area contributed by atoms with Crippen molar-refractivity contribution in [1.82, 2.24) is 10.3 Å². The minimum atomic E-state index is 0.109. The largest absolute Gasteiger partial charge is 0.356 e. The van der Waals surface area contributed by atoms with E-state index in [1.807, 2.05) is 42.5 Å². The lowest BCUT2D eigenvalue weighted by atomic mass is 10.1. The Morgan fingerprint density at radius 1 is 0.947 bits per heavy atom. The summed E-state index contributed by atoms with van der Waals surface area (Å²) in [5.41, 5.74) is 2.39. The number of rotatable bonds is 6. The van der Waals surface area contributed by atoms with Gasteiger partial charge >= 0.3 is 0 Å². The number of hydrogen-bond donors (Lipinski definition) is 1. The second-order valence-corrected chi connectivity index (χ2v) is 4.44. The molecule has 1 aromatic carbocycles. The molecule has 0 saturated heterocycles. The van der Waals surface area contributed by atoms with Crippen LogP contribution in [0.2, 0.25) is 0 Å². The van der Waals surface area contributed by atoms with Crippen LogP contribution in [0.5, 0.6) is 0 Å². The van der Waals surface area contributed by atoms with Crippen molar-refractivity contribution in [2.45, 2.75) is 19.3 Å². The summed E-state index contributed by atoms with van der Waals surface area (Å²) in [7, 11) is 0. The topological polar surface area (TPSA) is 42.0 Å². The van der Waals surface area contributed by atoms with E-state index in [0.29, 0.717) is 13.0 Å². The molecule has 1 aromatic heterocycles. The van der Waals surface area contributed by atoms with Crippen molar-refractivity contribution in [1.29, 1.82) is 0 Å². The Hall–Kier alpha value is -2.16. The van der Waals surface area contributed by atoms with E-state index in [1.54, 1.807) is 12.4 Å². The normalized spacial score (nSPS) is 10.1. The van der Waals surface area contributed by atoms with Gasteiger partial charge in [-0.05, 0) is 36.1 Å². The number of pyridine rings is 1. The van der Waals surface area contributed by atoms with Crippen molar-refractivity contribution in [3.8, 4) is 0 Å². The number of carbonyl (C=O) groups excluding carboxylic acids is 1. The van der Waals surface area contributed by atoms with Gasteiger partial charge in [-0.3, -0.25) is 9.78 Å². The van der Waals surface area contributed by atoms with E-state index in [9.17, 15) is 4.79 Å². The van der Waals surface area contributed by atoms with E-state index >= 15 is 0 Å². The first-order valence-corrected chi connectivity index (χ1v) is 6.54.